The maximum atomic E-state index is 11.0. The van der Waals surface area contributed by atoms with Crippen LogP contribution >= 0.6 is 0 Å². The molecule has 3 nitrogen and oxygen atoms in total. The molecule has 1 aliphatic heterocycles. The zero-order valence-corrected chi connectivity index (χ0v) is 11.3. The molecule has 2 heterocycles. The van der Waals surface area contributed by atoms with E-state index in [0.29, 0.717) is 0 Å². The Morgan fingerprint density at radius 1 is 1.26 bits per heavy atom. The Hall–Kier alpha value is -1.61. The van der Waals surface area contributed by atoms with Gasteiger partial charge in [0.2, 0.25) is 0 Å². The van der Waals surface area contributed by atoms with Crippen molar-refractivity contribution in [3.8, 4) is 11.3 Å². The molecule has 0 spiro atoms. The van der Waals surface area contributed by atoms with Crippen LogP contribution in [0.5, 0.6) is 0 Å². The van der Waals surface area contributed by atoms with Gasteiger partial charge in [-0.1, -0.05) is 38.1 Å². The van der Waals surface area contributed by atoms with Crippen molar-refractivity contribution < 1.29 is 5.11 Å². The first kappa shape index (κ1) is 11.2. The monoisotopic (exact) mass is 254 g/mol. The fraction of sp³-hybridized carbons (Fsp3) is 0.438. The number of rotatable bonds is 1. The summed E-state index contributed by atoms with van der Waals surface area (Å²) in [4.78, 5) is 4.25. The van der Waals surface area contributed by atoms with Crippen LogP contribution in [0, 0.1) is 5.41 Å². The van der Waals surface area contributed by atoms with Crippen molar-refractivity contribution in [1.82, 2.24) is 9.55 Å². The molecule has 3 heteroatoms. The molecule has 0 saturated heterocycles. The van der Waals surface area contributed by atoms with E-state index in [1.807, 2.05) is 18.6 Å². The SMILES string of the molecule is CC1(C)CC(O)([C@@H]2c3ccccc3-c3cncn32)C1. The van der Waals surface area contributed by atoms with Crippen LogP contribution in [0.3, 0.4) is 0 Å². The third-order valence-corrected chi connectivity index (χ3v) is 4.55. The Bertz CT molecular complexity index is 648. The number of hydrogen-bond acceptors (Lipinski definition) is 2. The van der Waals surface area contributed by atoms with Gasteiger partial charge >= 0.3 is 0 Å². The molecule has 1 aromatic carbocycles. The summed E-state index contributed by atoms with van der Waals surface area (Å²) >= 11 is 0. The topological polar surface area (TPSA) is 38.1 Å². The number of aliphatic hydroxyl groups is 1. The summed E-state index contributed by atoms with van der Waals surface area (Å²) in [5.74, 6) is 0. The molecule has 0 amide bonds. The number of nitrogens with zero attached hydrogens (tertiary/aromatic N) is 2. The summed E-state index contributed by atoms with van der Waals surface area (Å²) in [6.45, 7) is 4.44. The Labute approximate surface area is 112 Å². The number of imidazole rings is 1. The minimum Gasteiger partial charge on any atom is -0.387 e. The van der Waals surface area contributed by atoms with Gasteiger partial charge in [0, 0.05) is 5.56 Å². The third kappa shape index (κ3) is 1.39. The molecule has 1 N–H and O–H groups in total. The van der Waals surface area contributed by atoms with Gasteiger partial charge in [-0.05, 0) is 23.8 Å². The van der Waals surface area contributed by atoms with Gasteiger partial charge in [-0.15, -0.1) is 0 Å². The molecule has 1 saturated carbocycles. The van der Waals surface area contributed by atoms with Crippen LogP contribution in [-0.2, 0) is 0 Å². The highest BCUT2D eigenvalue weighted by molar-refractivity contribution is 5.69. The molecule has 1 aliphatic carbocycles. The van der Waals surface area contributed by atoms with Crippen LogP contribution in [0.15, 0.2) is 36.8 Å². The molecule has 98 valence electrons. The van der Waals surface area contributed by atoms with E-state index in [0.717, 1.165) is 18.5 Å². The quantitative estimate of drug-likeness (QED) is 0.849. The number of benzene rings is 1. The van der Waals surface area contributed by atoms with E-state index in [1.54, 1.807) is 0 Å². The van der Waals surface area contributed by atoms with E-state index in [2.05, 4.69) is 41.6 Å². The Morgan fingerprint density at radius 2 is 2.00 bits per heavy atom. The molecule has 0 bridgehead atoms. The number of hydrogen-bond donors (Lipinski definition) is 1. The smallest absolute Gasteiger partial charge is 0.0957 e. The van der Waals surface area contributed by atoms with Crippen molar-refractivity contribution in [1.29, 1.82) is 0 Å². The van der Waals surface area contributed by atoms with Crippen molar-refractivity contribution in [2.75, 3.05) is 0 Å². The molecule has 0 unspecified atom stereocenters. The van der Waals surface area contributed by atoms with Gasteiger partial charge in [0.05, 0.1) is 29.9 Å². The van der Waals surface area contributed by atoms with Gasteiger partial charge in [-0.3, -0.25) is 0 Å². The van der Waals surface area contributed by atoms with E-state index >= 15 is 0 Å². The third-order valence-electron chi connectivity index (χ3n) is 4.55. The number of aromatic nitrogens is 2. The molecule has 19 heavy (non-hydrogen) atoms. The zero-order valence-electron chi connectivity index (χ0n) is 11.3. The average Bonchev–Trinajstić information content (AvgIpc) is 2.84. The second kappa shape index (κ2) is 3.28. The van der Waals surface area contributed by atoms with Crippen molar-refractivity contribution >= 4 is 0 Å². The lowest BCUT2D eigenvalue weighted by atomic mass is 9.58. The number of fused-ring (bicyclic) bond motifs is 3. The van der Waals surface area contributed by atoms with Gasteiger partial charge in [0.25, 0.3) is 0 Å². The van der Waals surface area contributed by atoms with Crippen LogP contribution < -0.4 is 0 Å². The largest absolute Gasteiger partial charge is 0.387 e. The summed E-state index contributed by atoms with van der Waals surface area (Å²) in [6.07, 6.45) is 5.43. The molecule has 1 fully saturated rings. The Morgan fingerprint density at radius 3 is 2.74 bits per heavy atom. The fourth-order valence-electron chi connectivity index (χ4n) is 4.18. The van der Waals surface area contributed by atoms with Crippen molar-refractivity contribution in [3.63, 3.8) is 0 Å². The van der Waals surface area contributed by atoms with Gasteiger partial charge in [-0.2, -0.15) is 0 Å². The van der Waals surface area contributed by atoms with Crippen molar-refractivity contribution in [2.45, 2.75) is 38.3 Å². The lowest BCUT2D eigenvalue weighted by Gasteiger charge is -2.53. The molecular weight excluding hydrogens is 236 g/mol. The van der Waals surface area contributed by atoms with Crippen molar-refractivity contribution in [3.05, 3.63) is 42.4 Å². The first-order chi connectivity index (χ1) is 9.00. The minimum absolute atomic E-state index is 0.0224. The van der Waals surface area contributed by atoms with Gasteiger partial charge in [0.1, 0.15) is 0 Å². The van der Waals surface area contributed by atoms with E-state index in [9.17, 15) is 5.11 Å². The van der Waals surface area contributed by atoms with Gasteiger partial charge < -0.3 is 9.67 Å². The summed E-state index contributed by atoms with van der Waals surface area (Å²) in [5.41, 5.74) is 3.18. The van der Waals surface area contributed by atoms with E-state index in [-0.39, 0.29) is 11.5 Å². The van der Waals surface area contributed by atoms with Crippen LogP contribution in [0.4, 0.5) is 0 Å². The molecular formula is C16H18N2O. The second-order valence-corrected chi connectivity index (χ2v) is 6.80. The molecule has 0 radical (unpaired) electrons. The molecule has 2 aliphatic rings. The van der Waals surface area contributed by atoms with Gasteiger partial charge in [0.15, 0.2) is 0 Å². The summed E-state index contributed by atoms with van der Waals surface area (Å²) < 4.78 is 2.14. The maximum Gasteiger partial charge on any atom is 0.0957 e. The lowest BCUT2D eigenvalue weighted by Crippen LogP contribution is -2.54. The Kier molecular flexibility index (Phi) is 1.94. The highest BCUT2D eigenvalue weighted by atomic mass is 16.3. The van der Waals surface area contributed by atoms with Crippen LogP contribution in [0.2, 0.25) is 0 Å². The average molecular weight is 254 g/mol. The van der Waals surface area contributed by atoms with E-state index in [1.165, 1.54) is 11.1 Å². The predicted molar refractivity (Wildman–Crippen MR) is 73.8 cm³/mol. The first-order valence-electron chi connectivity index (χ1n) is 6.84. The second-order valence-electron chi connectivity index (χ2n) is 6.80. The van der Waals surface area contributed by atoms with Crippen LogP contribution in [0.1, 0.15) is 38.3 Å². The normalized spacial score (nSPS) is 25.5. The maximum absolute atomic E-state index is 11.0. The predicted octanol–water partition coefficient (Wildman–Crippen LogP) is 3.00. The van der Waals surface area contributed by atoms with Gasteiger partial charge in [-0.25, -0.2) is 4.98 Å². The highest BCUT2D eigenvalue weighted by Gasteiger charge is 2.55. The molecule has 1 aromatic heterocycles. The minimum atomic E-state index is -0.633. The molecule has 1 atom stereocenters. The summed E-state index contributed by atoms with van der Waals surface area (Å²) in [5, 5.41) is 11.0. The van der Waals surface area contributed by atoms with Crippen LogP contribution in [-0.4, -0.2) is 20.3 Å². The summed E-state index contributed by atoms with van der Waals surface area (Å²) in [6, 6.07) is 8.38. The molecule has 2 aromatic rings. The first-order valence-corrected chi connectivity index (χ1v) is 6.84. The lowest BCUT2D eigenvalue weighted by molar-refractivity contribution is -0.134. The van der Waals surface area contributed by atoms with E-state index in [4.69, 9.17) is 0 Å². The fourth-order valence-corrected chi connectivity index (χ4v) is 4.18. The zero-order chi connectivity index (χ0) is 13.3. The van der Waals surface area contributed by atoms with Crippen LogP contribution in [0.25, 0.3) is 11.3 Å². The Balaban J connectivity index is 1.86. The highest BCUT2D eigenvalue weighted by Crippen LogP contribution is 2.57. The van der Waals surface area contributed by atoms with E-state index < -0.39 is 5.60 Å². The van der Waals surface area contributed by atoms with Crippen molar-refractivity contribution in [2.24, 2.45) is 5.41 Å². The summed E-state index contributed by atoms with van der Waals surface area (Å²) in [7, 11) is 0. The molecule has 4 rings (SSSR count). The standard InChI is InChI=1S/C16H18N2O/c1-15(2)8-16(19,9-15)14-12-6-4-3-5-11(12)13-7-17-10-18(13)14/h3-7,10,14,19H,8-9H2,1-2H3/t14-/m0/s1.